The molecule has 30 heavy (non-hydrogen) atoms. The molecule has 1 aromatic carbocycles. The fourth-order valence-electron chi connectivity index (χ4n) is 3.79. The first kappa shape index (κ1) is 18.4. The van der Waals surface area contributed by atoms with Gasteiger partial charge in [-0.25, -0.2) is 19.3 Å². The maximum atomic E-state index is 12.2. The SMILES string of the molecule is O=c1ccc(-n2cccn2)nn1CCN1CCN(c2ncnc3ccccc23)CC1. The summed E-state index contributed by atoms with van der Waals surface area (Å²) in [6.07, 6.45) is 5.14. The number of fused-ring (bicyclic) bond motifs is 1. The normalized spacial score (nSPS) is 15.0. The molecular weight excluding hydrogens is 380 g/mol. The summed E-state index contributed by atoms with van der Waals surface area (Å²) in [5.74, 6) is 1.63. The van der Waals surface area contributed by atoms with Gasteiger partial charge in [0.1, 0.15) is 12.1 Å². The number of piperazine rings is 1. The average molecular weight is 402 g/mol. The summed E-state index contributed by atoms with van der Waals surface area (Å²) in [6.45, 7) is 4.91. The molecule has 1 saturated heterocycles. The minimum Gasteiger partial charge on any atom is -0.353 e. The summed E-state index contributed by atoms with van der Waals surface area (Å²) in [7, 11) is 0. The minimum atomic E-state index is -0.100. The third-order valence-electron chi connectivity index (χ3n) is 5.41. The Hall–Kier alpha value is -3.59. The van der Waals surface area contributed by atoms with Crippen molar-refractivity contribution >= 4 is 16.7 Å². The highest BCUT2D eigenvalue weighted by atomic mass is 16.1. The zero-order valence-electron chi connectivity index (χ0n) is 16.5. The fraction of sp³-hybridized carbons (Fsp3) is 0.286. The Morgan fingerprint density at radius 1 is 0.900 bits per heavy atom. The first-order valence-corrected chi connectivity index (χ1v) is 10.0. The standard InChI is InChI=1S/C21H22N8O/c30-20-7-6-19(28-9-3-8-24-28)25-29(20)15-12-26-10-13-27(14-11-26)21-17-4-1-2-5-18(17)22-16-23-21/h1-9,16H,10-15H2. The van der Waals surface area contributed by atoms with Gasteiger partial charge >= 0.3 is 0 Å². The van der Waals surface area contributed by atoms with E-state index in [0.29, 0.717) is 12.4 Å². The molecule has 0 amide bonds. The number of para-hydroxylation sites is 1. The third kappa shape index (κ3) is 3.67. The first-order chi connectivity index (χ1) is 14.8. The minimum absolute atomic E-state index is 0.100. The van der Waals surface area contributed by atoms with Crippen LogP contribution in [0.25, 0.3) is 16.7 Å². The number of aromatic nitrogens is 6. The van der Waals surface area contributed by atoms with Gasteiger partial charge in [0.2, 0.25) is 0 Å². The molecular formula is C21H22N8O. The molecule has 0 spiro atoms. The molecule has 0 bridgehead atoms. The quantitative estimate of drug-likeness (QED) is 0.496. The Kier molecular flexibility index (Phi) is 4.94. The van der Waals surface area contributed by atoms with Crippen molar-refractivity contribution in [2.24, 2.45) is 0 Å². The lowest BCUT2D eigenvalue weighted by atomic mass is 10.2. The average Bonchev–Trinajstić information content (AvgIpc) is 3.34. The van der Waals surface area contributed by atoms with Crippen LogP contribution in [-0.4, -0.2) is 67.2 Å². The zero-order chi connectivity index (χ0) is 20.3. The molecule has 0 N–H and O–H groups in total. The van der Waals surface area contributed by atoms with Crippen molar-refractivity contribution in [1.29, 1.82) is 0 Å². The van der Waals surface area contributed by atoms with Crippen molar-refractivity contribution in [3.63, 3.8) is 0 Å². The predicted molar refractivity (Wildman–Crippen MR) is 114 cm³/mol. The van der Waals surface area contributed by atoms with E-state index in [9.17, 15) is 4.79 Å². The van der Waals surface area contributed by atoms with E-state index in [-0.39, 0.29) is 5.56 Å². The number of rotatable bonds is 5. The maximum Gasteiger partial charge on any atom is 0.266 e. The molecule has 9 heteroatoms. The Morgan fingerprint density at radius 2 is 1.77 bits per heavy atom. The topological polar surface area (TPSA) is 85.0 Å². The number of hydrogen-bond donors (Lipinski definition) is 0. The molecule has 1 fully saturated rings. The van der Waals surface area contributed by atoms with Gasteiger partial charge in [0, 0.05) is 56.6 Å². The Labute approximate surface area is 173 Å². The summed E-state index contributed by atoms with van der Waals surface area (Å²) in [5, 5.41) is 9.71. The van der Waals surface area contributed by atoms with Gasteiger partial charge in [0.15, 0.2) is 5.82 Å². The highest BCUT2D eigenvalue weighted by Gasteiger charge is 2.20. The number of hydrogen-bond acceptors (Lipinski definition) is 7. The molecule has 5 rings (SSSR count). The van der Waals surface area contributed by atoms with Crippen molar-refractivity contribution in [2.45, 2.75) is 6.54 Å². The van der Waals surface area contributed by atoms with Gasteiger partial charge < -0.3 is 4.90 Å². The molecule has 3 aromatic heterocycles. The van der Waals surface area contributed by atoms with Crippen molar-refractivity contribution < 1.29 is 0 Å². The Balaban J connectivity index is 1.23. The molecule has 9 nitrogen and oxygen atoms in total. The van der Waals surface area contributed by atoms with Gasteiger partial charge in [0.25, 0.3) is 5.56 Å². The lowest BCUT2D eigenvalue weighted by Gasteiger charge is -2.35. The zero-order valence-corrected chi connectivity index (χ0v) is 16.5. The summed E-state index contributed by atoms with van der Waals surface area (Å²) in [4.78, 5) is 25.8. The molecule has 0 aliphatic carbocycles. The van der Waals surface area contributed by atoms with Crippen LogP contribution in [0.1, 0.15) is 0 Å². The summed E-state index contributed by atoms with van der Waals surface area (Å²) < 4.78 is 3.17. The molecule has 0 radical (unpaired) electrons. The van der Waals surface area contributed by atoms with Crippen LogP contribution in [0.4, 0.5) is 5.82 Å². The van der Waals surface area contributed by atoms with Crippen LogP contribution in [0.2, 0.25) is 0 Å². The smallest absolute Gasteiger partial charge is 0.266 e. The lowest BCUT2D eigenvalue weighted by Crippen LogP contribution is -2.48. The molecule has 1 aliphatic rings. The van der Waals surface area contributed by atoms with Crippen LogP contribution in [-0.2, 0) is 6.54 Å². The molecule has 4 aromatic rings. The van der Waals surface area contributed by atoms with Gasteiger partial charge in [-0.2, -0.15) is 5.10 Å². The largest absolute Gasteiger partial charge is 0.353 e. The van der Waals surface area contributed by atoms with Crippen LogP contribution in [0.5, 0.6) is 0 Å². The van der Waals surface area contributed by atoms with E-state index in [1.165, 1.54) is 4.68 Å². The fourth-order valence-corrected chi connectivity index (χ4v) is 3.79. The van der Waals surface area contributed by atoms with E-state index in [0.717, 1.165) is 49.4 Å². The molecule has 0 saturated carbocycles. The predicted octanol–water partition coefficient (Wildman–Crippen LogP) is 1.19. The Morgan fingerprint density at radius 3 is 2.60 bits per heavy atom. The summed E-state index contributed by atoms with van der Waals surface area (Å²) in [5.41, 5.74) is 0.865. The highest BCUT2D eigenvalue weighted by Crippen LogP contribution is 2.23. The second-order valence-electron chi connectivity index (χ2n) is 7.25. The second-order valence-corrected chi connectivity index (χ2v) is 7.25. The number of nitrogens with zero attached hydrogens (tertiary/aromatic N) is 8. The molecule has 152 valence electrons. The van der Waals surface area contributed by atoms with Crippen molar-refractivity contribution in [3.05, 3.63) is 71.5 Å². The number of benzene rings is 1. The molecule has 0 atom stereocenters. The molecule has 4 heterocycles. The van der Waals surface area contributed by atoms with E-state index in [4.69, 9.17) is 0 Å². The van der Waals surface area contributed by atoms with E-state index in [1.807, 2.05) is 30.5 Å². The van der Waals surface area contributed by atoms with Crippen molar-refractivity contribution in [1.82, 2.24) is 34.4 Å². The van der Waals surface area contributed by atoms with Gasteiger partial charge in [0.05, 0.1) is 12.1 Å². The summed E-state index contributed by atoms with van der Waals surface area (Å²) >= 11 is 0. The van der Waals surface area contributed by atoms with Crippen LogP contribution in [0.3, 0.4) is 0 Å². The second kappa shape index (κ2) is 8.03. The van der Waals surface area contributed by atoms with E-state index in [2.05, 4.69) is 36.0 Å². The summed E-state index contributed by atoms with van der Waals surface area (Å²) in [6, 6.07) is 13.2. The van der Waals surface area contributed by atoms with Gasteiger partial charge in [-0.15, -0.1) is 5.10 Å². The monoisotopic (exact) mass is 402 g/mol. The van der Waals surface area contributed by atoms with Gasteiger partial charge in [-0.3, -0.25) is 9.69 Å². The van der Waals surface area contributed by atoms with E-state index >= 15 is 0 Å². The first-order valence-electron chi connectivity index (χ1n) is 10.0. The third-order valence-corrected chi connectivity index (χ3v) is 5.41. The van der Waals surface area contributed by atoms with Crippen LogP contribution >= 0.6 is 0 Å². The van der Waals surface area contributed by atoms with Crippen molar-refractivity contribution in [3.8, 4) is 5.82 Å². The number of anilines is 1. The van der Waals surface area contributed by atoms with E-state index in [1.54, 1.807) is 29.3 Å². The van der Waals surface area contributed by atoms with Gasteiger partial charge in [-0.05, 0) is 24.3 Å². The van der Waals surface area contributed by atoms with E-state index < -0.39 is 0 Å². The van der Waals surface area contributed by atoms with Crippen molar-refractivity contribution in [2.75, 3.05) is 37.6 Å². The lowest BCUT2D eigenvalue weighted by molar-refractivity contribution is 0.242. The van der Waals surface area contributed by atoms with Gasteiger partial charge in [-0.1, -0.05) is 12.1 Å². The molecule has 0 unspecified atom stereocenters. The molecule has 1 aliphatic heterocycles. The Bertz CT molecular complexity index is 1190. The van der Waals surface area contributed by atoms with Crippen LogP contribution in [0, 0.1) is 0 Å². The van der Waals surface area contributed by atoms with Crippen LogP contribution in [0.15, 0.2) is 66.0 Å². The van der Waals surface area contributed by atoms with Crippen LogP contribution < -0.4 is 10.5 Å². The highest BCUT2D eigenvalue weighted by molar-refractivity contribution is 5.89. The maximum absolute atomic E-state index is 12.2.